The van der Waals surface area contributed by atoms with E-state index in [-0.39, 0.29) is 42.7 Å². The zero-order chi connectivity index (χ0) is 46.3. The lowest BCUT2D eigenvalue weighted by molar-refractivity contribution is -0.887. The summed E-state index contributed by atoms with van der Waals surface area (Å²) in [5.74, 6) is -1.54. The van der Waals surface area contributed by atoms with E-state index in [2.05, 4.69) is 74.6 Å². The molecule has 0 amide bonds. The van der Waals surface area contributed by atoms with Gasteiger partial charge in [-0.25, -0.2) is 4.79 Å². The Balaban J connectivity index is 4.27. The predicted octanol–water partition coefficient (Wildman–Crippen LogP) is 14.9. The summed E-state index contributed by atoms with van der Waals surface area (Å²) in [5, 5.41) is 9.65. The molecule has 0 heterocycles. The van der Waals surface area contributed by atoms with Crippen LogP contribution in [0.5, 0.6) is 0 Å². The number of carbonyl (C=O) groups excluding carboxylic acids is 2. The average Bonchev–Trinajstić information content (AvgIpc) is 3.24. The van der Waals surface area contributed by atoms with Crippen LogP contribution in [0.2, 0.25) is 0 Å². The van der Waals surface area contributed by atoms with Gasteiger partial charge in [0.15, 0.2) is 12.1 Å². The van der Waals surface area contributed by atoms with Crippen molar-refractivity contribution in [1.29, 1.82) is 0 Å². The molecular weight excluding hydrogens is 787 g/mol. The second kappa shape index (κ2) is 45.6. The standard InChI is InChI=1S/C55H97NO7/c1-6-8-10-12-14-16-18-20-22-24-25-26-27-28-30-31-33-35-37-39-41-43-45-53(57)62-50-51(49-61-48-47-52(55(59)60)56(3,4)5)63-54(58)46-44-42-40-38-36-34-32-29-23-21-19-17-15-13-11-9-7-2/h9,11,15,17,21,23,32,34,38,40,51-52H,6-8,10,12-14,16,18-20,22,24-31,33,35-37,39,41-50H2,1-5H3/p+1/b11-9+,17-15+,23-21+,34-32+,40-38+. The van der Waals surface area contributed by atoms with E-state index in [9.17, 15) is 19.5 Å². The minimum Gasteiger partial charge on any atom is -0.477 e. The molecule has 0 aliphatic carbocycles. The summed E-state index contributed by atoms with van der Waals surface area (Å²) < 4.78 is 17.3. The highest BCUT2D eigenvalue weighted by atomic mass is 16.6. The van der Waals surface area contributed by atoms with Crippen molar-refractivity contribution in [3.63, 3.8) is 0 Å². The number of likely N-dealkylation sites (N-methyl/N-ethyl adjacent to an activating group) is 1. The van der Waals surface area contributed by atoms with Crippen molar-refractivity contribution in [3.05, 3.63) is 60.8 Å². The first-order chi connectivity index (χ1) is 30.6. The third-order valence-corrected chi connectivity index (χ3v) is 11.4. The van der Waals surface area contributed by atoms with Crippen molar-refractivity contribution >= 4 is 17.9 Å². The van der Waals surface area contributed by atoms with Gasteiger partial charge in [0.1, 0.15) is 6.61 Å². The molecule has 8 heteroatoms. The van der Waals surface area contributed by atoms with E-state index >= 15 is 0 Å². The summed E-state index contributed by atoms with van der Waals surface area (Å²) in [4.78, 5) is 37.1. The Bertz CT molecular complexity index is 1210. The van der Waals surface area contributed by atoms with Crippen LogP contribution in [0, 0.1) is 0 Å². The van der Waals surface area contributed by atoms with E-state index < -0.39 is 18.1 Å². The van der Waals surface area contributed by atoms with Crippen molar-refractivity contribution < 1.29 is 38.2 Å². The summed E-state index contributed by atoms with van der Waals surface area (Å²) in [6, 6.07) is -0.626. The molecule has 0 aromatic carbocycles. The Kier molecular flexibility index (Phi) is 43.4. The lowest BCUT2D eigenvalue weighted by atomic mass is 10.0. The maximum absolute atomic E-state index is 12.8. The lowest BCUT2D eigenvalue weighted by Gasteiger charge is -2.31. The highest BCUT2D eigenvalue weighted by Gasteiger charge is 2.31. The second-order valence-electron chi connectivity index (χ2n) is 18.4. The molecule has 0 saturated carbocycles. The molecule has 0 radical (unpaired) electrons. The van der Waals surface area contributed by atoms with Crippen molar-refractivity contribution in [3.8, 4) is 0 Å². The molecule has 2 unspecified atom stereocenters. The summed E-state index contributed by atoms with van der Waals surface area (Å²) >= 11 is 0. The normalized spacial score (nSPS) is 13.3. The molecule has 0 spiro atoms. The molecule has 1 N–H and O–H groups in total. The van der Waals surface area contributed by atoms with Gasteiger partial charge in [-0.05, 0) is 51.4 Å². The summed E-state index contributed by atoms with van der Waals surface area (Å²) in [6.07, 6.45) is 57.2. The van der Waals surface area contributed by atoms with Crippen molar-refractivity contribution in [2.45, 2.75) is 231 Å². The van der Waals surface area contributed by atoms with Crippen LogP contribution in [0.4, 0.5) is 0 Å². The maximum Gasteiger partial charge on any atom is 0.362 e. The number of carbonyl (C=O) groups is 3. The van der Waals surface area contributed by atoms with Gasteiger partial charge in [-0.2, -0.15) is 0 Å². The van der Waals surface area contributed by atoms with E-state index in [1.165, 1.54) is 122 Å². The number of hydrogen-bond acceptors (Lipinski definition) is 6. The highest BCUT2D eigenvalue weighted by molar-refractivity contribution is 5.72. The number of rotatable bonds is 46. The molecule has 0 aliphatic rings. The predicted molar refractivity (Wildman–Crippen MR) is 266 cm³/mol. The molecule has 8 nitrogen and oxygen atoms in total. The fourth-order valence-corrected chi connectivity index (χ4v) is 7.48. The van der Waals surface area contributed by atoms with Crippen LogP contribution in [0.3, 0.4) is 0 Å². The quantitative estimate of drug-likeness (QED) is 0.0281. The van der Waals surface area contributed by atoms with E-state index in [0.717, 1.165) is 57.8 Å². The SMILES string of the molecule is CC/C=C/C/C=C/C/C=C/C/C=C/C/C=C/CCCC(=O)OC(COCCC(C(=O)O)[N+](C)(C)C)COC(=O)CCCCCCCCCCCCCCCCCCCCCCCC. The molecule has 0 aromatic heterocycles. The van der Waals surface area contributed by atoms with Gasteiger partial charge >= 0.3 is 17.9 Å². The molecule has 0 aliphatic heterocycles. The van der Waals surface area contributed by atoms with Gasteiger partial charge in [-0.1, -0.05) is 209 Å². The fourth-order valence-electron chi connectivity index (χ4n) is 7.48. The molecule has 2 atom stereocenters. The van der Waals surface area contributed by atoms with Gasteiger partial charge in [-0.15, -0.1) is 0 Å². The number of allylic oxidation sites excluding steroid dienone is 10. The van der Waals surface area contributed by atoms with Gasteiger partial charge < -0.3 is 23.8 Å². The van der Waals surface area contributed by atoms with Crippen molar-refractivity contribution in [2.24, 2.45) is 0 Å². The number of quaternary nitrogens is 1. The first-order valence-electron chi connectivity index (χ1n) is 25.8. The largest absolute Gasteiger partial charge is 0.477 e. The number of unbranched alkanes of at least 4 members (excludes halogenated alkanes) is 22. The number of ether oxygens (including phenoxy) is 3. The number of hydrogen-bond donors (Lipinski definition) is 1. The van der Waals surface area contributed by atoms with Crippen molar-refractivity contribution in [2.75, 3.05) is 41.0 Å². The minimum absolute atomic E-state index is 0.0384. The van der Waals surface area contributed by atoms with Crippen LogP contribution >= 0.6 is 0 Å². The second-order valence-corrected chi connectivity index (χ2v) is 18.4. The molecule has 0 saturated heterocycles. The summed E-state index contributed by atoms with van der Waals surface area (Å²) in [7, 11) is 5.51. The van der Waals surface area contributed by atoms with E-state index in [0.29, 0.717) is 19.3 Å². The highest BCUT2D eigenvalue weighted by Crippen LogP contribution is 2.16. The van der Waals surface area contributed by atoms with E-state index in [1.54, 1.807) is 0 Å². The van der Waals surface area contributed by atoms with Crippen molar-refractivity contribution in [1.82, 2.24) is 0 Å². The number of esters is 2. The molecule has 63 heavy (non-hydrogen) atoms. The Hall–Kier alpha value is -2.97. The molecule has 0 bridgehead atoms. The minimum atomic E-state index is -0.883. The number of carboxylic acid groups (broad SMARTS) is 1. The zero-order valence-corrected chi connectivity index (χ0v) is 41.5. The first kappa shape index (κ1) is 60.0. The lowest BCUT2D eigenvalue weighted by Crippen LogP contribution is -2.50. The third-order valence-electron chi connectivity index (χ3n) is 11.4. The third kappa shape index (κ3) is 44.0. The van der Waals surface area contributed by atoms with Gasteiger partial charge in [0.05, 0.1) is 34.4 Å². The molecule has 0 rings (SSSR count). The van der Waals surface area contributed by atoms with E-state index in [4.69, 9.17) is 14.2 Å². The number of nitrogens with zero attached hydrogens (tertiary/aromatic N) is 1. The Morgan fingerprint density at radius 3 is 1.30 bits per heavy atom. The van der Waals surface area contributed by atoms with E-state index in [1.807, 2.05) is 21.1 Å². The zero-order valence-electron chi connectivity index (χ0n) is 41.5. The number of aliphatic carboxylic acids is 1. The van der Waals surface area contributed by atoms with Crippen LogP contribution < -0.4 is 0 Å². The monoisotopic (exact) mass is 885 g/mol. The first-order valence-corrected chi connectivity index (χ1v) is 25.8. The molecular formula is C55H98NO7+. The Morgan fingerprint density at radius 1 is 0.492 bits per heavy atom. The van der Waals surface area contributed by atoms with Gasteiger partial charge in [0, 0.05) is 19.3 Å². The van der Waals surface area contributed by atoms with Crippen LogP contribution in [0.1, 0.15) is 219 Å². The van der Waals surface area contributed by atoms with Gasteiger partial charge in [-0.3, -0.25) is 9.59 Å². The van der Waals surface area contributed by atoms with Crippen LogP contribution in [-0.4, -0.2) is 80.6 Å². The van der Waals surface area contributed by atoms with Crippen LogP contribution in [0.15, 0.2) is 60.8 Å². The van der Waals surface area contributed by atoms with Crippen LogP contribution in [-0.2, 0) is 28.6 Å². The van der Waals surface area contributed by atoms with Gasteiger partial charge in [0.25, 0.3) is 0 Å². The maximum atomic E-state index is 12.8. The Labute approximate surface area is 388 Å². The van der Waals surface area contributed by atoms with Crippen LogP contribution in [0.25, 0.3) is 0 Å². The molecule has 364 valence electrons. The topological polar surface area (TPSA) is 99.1 Å². The summed E-state index contributed by atoms with van der Waals surface area (Å²) in [5.41, 5.74) is 0. The Morgan fingerprint density at radius 2 is 0.889 bits per heavy atom. The summed E-state index contributed by atoms with van der Waals surface area (Å²) in [6.45, 7) is 4.59. The average molecular weight is 885 g/mol. The molecule has 0 aromatic rings. The number of carboxylic acids is 1. The van der Waals surface area contributed by atoms with Gasteiger partial charge in [0.2, 0.25) is 0 Å². The fraction of sp³-hybridized carbons (Fsp3) is 0.764. The smallest absolute Gasteiger partial charge is 0.362 e. The molecule has 0 fully saturated rings.